The monoisotopic (exact) mass is 315 g/mol. The summed E-state index contributed by atoms with van der Waals surface area (Å²) in [5.41, 5.74) is 6.88. The molecule has 2 aromatic heterocycles. The summed E-state index contributed by atoms with van der Waals surface area (Å²) in [6.45, 7) is 0. The standard InChI is InChI=1S/C15H14ClN5O/c16-10-5-3-9(4-6-10)11-8-12(13-2-1-7-22-13)21-15(18-11)19-14(17)20-21/h1-7,11-12H,8H2,(H3,17,18,19,20)/t11-,12+/m1/s1. The van der Waals surface area contributed by atoms with Crippen molar-refractivity contribution in [2.45, 2.75) is 18.5 Å². The number of fused-ring (bicyclic) bond motifs is 1. The van der Waals surface area contributed by atoms with E-state index in [0.29, 0.717) is 5.95 Å². The Morgan fingerprint density at radius 1 is 1.27 bits per heavy atom. The van der Waals surface area contributed by atoms with E-state index in [1.807, 2.05) is 36.4 Å². The summed E-state index contributed by atoms with van der Waals surface area (Å²) in [6.07, 6.45) is 2.44. The number of nitrogen functional groups attached to an aromatic ring is 1. The van der Waals surface area contributed by atoms with Crippen LogP contribution >= 0.6 is 11.6 Å². The lowest BCUT2D eigenvalue weighted by atomic mass is 9.96. The zero-order chi connectivity index (χ0) is 15.1. The van der Waals surface area contributed by atoms with Gasteiger partial charge >= 0.3 is 0 Å². The van der Waals surface area contributed by atoms with Gasteiger partial charge in [0.05, 0.1) is 12.3 Å². The maximum Gasteiger partial charge on any atom is 0.241 e. The molecule has 0 fully saturated rings. The summed E-state index contributed by atoms with van der Waals surface area (Å²) in [6, 6.07) is 11.6. The lowest BCUT2D eigenvalue weighted by Crippen LogP contribution is -2.27. The molecule has 0 saturated heterocycles. The molecule has 3 heterocycles. The van der Waals surface area contributed by atoms with Crippen molar-refractivity contribution in [1.82, 2.24) is 14.8 Å². The molecule has 0 spiro atoms. The van der Waals surface area contributed by atoms with Crippen molar-refractivity contribution in [3.05, 3.63) is 59.0 Å². The van der Waals surface area contributed by atoms with E-state index in [4.69, 9.17) is 21.8 Å². The summed E-state index contributed by atoms with van der Waals surface area (Å²) >= 11 is 5.97. The Morgan fingerprint density at radius 3 is 2.82 bits per heavy atom. The van der Waals surface area contributed by atoms with Gasteiger partial charge in [-0.1, -0.05) is 23.7 Å². The Bertz CT molecular complexity index is 781. The highest BCUT2D eigenvalue weighted by Gasteiger charge is 2.32. The number of hydrogen-bond donors (Lipinski definition) is 2. The number of benzene rings is 1. The van der Waals surface area contributed by atoms with Crippen LogP contribution in [0, 0.1) is 0 Å². The smallest absolute Gasteiger partial charge is 0.241 e. The molecule has 0 bridgehead atoms. The van der Waals surface area contributed by atoms with Crippen LogP contribution in [0.15, 0.2) is 47.1 Å². The number of rotatable bonds is 2. The van der Waals surface area contributed by atoms with Gasteiger partial charge < -0.3 is 15.5 Å². The molecule has 0 radical (unpaired) electrons. The van der Waals surface area contributed by atoms with Crippen molar-refractivity contribution in [2.75, 3.05) is 11.1 Å². The predicted octanol–water partition coefficient (Wildman–Crippen LogP) is 3.25. The Morgan fingerprint density at radius 2 is 2.09 bits per heavy atom. The van der Waals surface area contributed by atoms with Crippen LogP contribution in [-0.2, 0) is 0 Å². The van der Waals surface area contributed by atoms with Gasteiger partial charge in [-0.25, -0.2) is 4.68 Å². The van der Waals surface area contributed by atoms with Crippen LogP contribution in [0.2, 0.25) is 5.02 Å². The van der Waals surface area contributed by atoms with Crippen molar-refractivity contribution in [1.29, 1.82) is 0 Å². The Balaban J connectivity index is 1.74. The van der Waals surface area contributed by atoms with E-state index in [9.17, 15) is 0 Å². The van der Waals surface area contributed by atoms with Crippen LogP contribution in [0.3, 0.4) is 0 Å². The quantitative estimate of drug-likeness (QED) is 0.758. The summed E-state index contributed by atoms with van der Waals surface area (Å²) in [4.78, 5) is 4.26. The summed E-state index contributed by atoms with van der Waals surface area (Å²) in [7, 11) is 0. The first kappa shape index (κ1) is 13.2. The molecule has 22 heavy (non-hydrogen) atoms. The SMILES string of the molecule is Nc1nc2n(n1)[C@H](c1ccco1)C[C@H](c1ccc(Cl)cc1)N2. The number of nitrogens with two attached hydrogens (primary N) is 1. The van der Waals surface area contributed by atoms with E-state index >= 15 is 0 Å². The molecule has 1 aliphatic heterocycles. The van der Waals surface area contributed by atoms with Gasteiger partial charge in [-0.15, -0.1) is 5.10 Å². The molecular weight excluding hydrogens is 302 g/mol. The van der Waals surface area contributed by atoms with Crippen LogP contribution in [0.25, 0.3) is 0 Å². The van der Waals surface area contributed by atoms with E-state index in [1.54, 1.807) is 10.9 Å². The van der Waals surface area contributed by atoms with E-state index in [1.165, 1.54) is 0 Å². The molecule has 0 aliphatic carbocycles. The van der Waals surface area contributed by atoms with Gasteiger partial charge in [0.2, 0.25) is 11.9 Å². The van der Waals surface area contributed by atoms with Gasteiger partial charge in [0.15, 0.2) is 0 Å². The molecule has 0 saturated carbocycles. The first-order valence-electron chi connectivity index (χ1n) is 6.98. The molecule has 1 aromatic carbocycles. The fourth-order valence-electron chi connectivity index (χ4n) is 2.83. The highest BCUT2D eigenvalue weighted by molar-refractivity contribution is 6.30. The molecule has 1 aliphatic rings. The van der Waals surface area contributed by atoms with E-state index in [0.717, 1.165) is 22.8 Å². The molecular formula is C15H14ClN5O. The molecule has 3 N–H and O–H groups in total. The van der Waals surface area contributed by atoms with Gasteiger partial charge in [-0.3, -0.25) is 0 Å². The third-order valence-electron chi connectivity index (χ3n) is 3.85. The number of nitrogens with one attached hydrogen (secondary N) is 1. The fraction of sp³-hybridized carbons (Fsp3) is 0.200. The third kappa shape index (κ3) is 2.21. The van der Waals surface area contributed by atoms with Crippen molar-refractivity contribution >= 4 is 23.5 Å². The highest BCUT2D eigenvalue weighted by atomic mass is 35.5. The second kappa shape index (κ2) is 5.06. The minimum absolute atomic E-state index is 0.0447. The van der Waals surface area contributed by atoms with Crippen molar-refractivity contribution < 1.29 is 4.42 Å². The van der Waals surface area contributed by atoms with E-state index < -0.39 is 0 Å². The molecule has 6 nitrogen and oxygen atoms in total. The number of aromatic nitrogens is 3. The predicted molar refractivity (Wildman–Crippen MR) is 83.7 cm³/mol. The molecule has 112 valence electrons. The highest BCUT2D eigenvalue weighted by Crippen LogP contribution is 2.38. The minimum Gasteiger partial charge on any atom is -0.467 e. The second-order valence-corrected chi connectivity index (χ2v) is 5.69. The first-order valence-corrected chi connectivity index (χ1v) is 7.36. The van der Waals surface area contributed by atoms with E-state index in [-0.39, 0.29) is 18.0 Å². The Kier molecular flexibility index (Phi) is 3.04. The van der Waals surface area contributed by atoms with E-state index in [2.05, 4.69) is 15.4 Å². The summed E-state index contributed by atoms with van der Waals surface area (Å²) < 4.78 is 7.34. The van der Waals surface area contributed by atoms with Gasteiger partial charge in [0.1, 0.15) is 11.8 Å². The zero-order valence-corrected chi connectivity index (χ0v) is 12.4. The maximum absolute atomic E-state index is 5.97. The molecule has 7 heteroatoms. The molecule has 4 rings (SSSR count). The molecule has 2 atom stereocenters. The molecule has 3 aromatic rings. The normalized spacial score (nSPS) is 20.4. The number of hydrogen-bond acceptors (Lipinski definition) is 5. The lowest BCUT2D eigenvalue weighted by Gasteiger charge is -2.30. The van der Waals surface area contributed by atoms with Crippen LogP contribution in [0.5, 0.6) is 0 Å². The van der Waals surface area contributed by atoms with Crippen molar-refractivity contribution in [2.24, 2.45) is 0 Å². The topological polar surface area (TPSA) is 81.9 Å². The van der Waals surface area contributed by atoms with Crippen LogP contribution in [-0.4, -0.2) is 14.8 Å². The first-order chi connectivity index (χ1) is 10.7. The third-order valence-corrected chi connectivity index (χ3v) is 4.10. The summed E-state index contributed by atoms with van der Waals surface area (Å²) in [5, 5.41) is 8.36. The van der Waals surface area contributed by atoms with Crippen LogP contribution < -0.4 is 11.1 Å². The zero-order valence-electron chi connectivity index (χ0n) is 11.6. The average molecular weight is 316 g/mol. The maximum atomic E-state index is 5.97. The second-order valence-electron chi connectivity index (χ2n) is 5.25. The van der Waals surface area contributed by atoms with Crippen molar-refractivity contribution in [3.63, 3.8) is 0 Å². The minimum atomic E-state index is -0.0447. The van der Waals surface area contributed by atoms with Gasteiger partial charge in [0.25, 0.3) is 0 Å². The lowest BCUT2D eigenvalue weighted by molar-refractivity contribution is 0.359. The number of furan rings is 1. The van der Waals surface area contributed by atoms with Gasteiger partial charge in [0, 0.05) is 11.4 Å². The van der Waals surface area contributed by atoms with Gasteiger partial charge in [-0.05, 0) is 29.8 Å². The Hall–Kier alpha value is -2.47. The number of anilines is 2. The van der Waals surface area contributed by atoms with Crippen LogP contribution in [0.1, 0.15) is 29.8 Å². The summed E-state index contributed by atoms with van der Waals surface area (Å²) in [5.74, 6) is 1.73. The molecule has 0 amide bonds. The molecule has 0 unspecified atom stereocenters. The van der Waals surface area contributed by atoms with Crippen LogP contribution in [0.4, 0.5) is 11.9 Å². The Labute approximate surface area is 131 Å². The average Bonchev–Trinajstić information content (AvgIpc) is 3.15. The fourth-order valence-corrected chi connectivity index (χ4v) is 2.95. The largest absolute Gasteiger partial charge is 0.467 e. The number of nitrogens with zero attached hydrogens (tertiary/aromatic N) is 3. The van der Waals surface area contributed by atoms with Crippen molar-refractivity contribution in [3.8, 4) is 0 Å². The number of halogens is 1. The van der Waals surface area contributed by atoms with Gasteiger partial charge in [-0.2, -0.15) is 4.98 Å².